The average Bonchev–Trinajstić information content (AvgIpc) is 2.87. The van der Waals surface area contributed by atoms with Crippen LogP contribution in [-0.2, 0) is 13.5 Å². The highest BCUT2D eigenvalue weighted by atomic mass is 35.5. The van der Waals surface area contributed by atoms with Crippen molar-refractivity contribution < 1.29 is 0 Å². The maximum Gasteiger partial charge on any atom is 0.0483 e. The summed E-state index contributed by atoms with van der Waals surface area (Å²) in [5.74, 6) is 0. The number of nitrogens with zero attached hydrogens (tertiary/aromatic N) is 1. The number of hydrogen-bond donors (Lipinski definition) is 0. The van der Waals surface area contributed by atoms with Gasteiger partial charge in [-0.15, -0.1) is 0 Å². The Hall–Kier alpha value is -1.99. The Morgan fingerprint density at radius 2 is 1.83 bits per heavy atom. The largest absolute Gasteiger partial charge is 0.344 e. The number of allylic oxidation sites excluding steroid dienone is 1. The number of fused-ring (bicyclic) bond motifs is 1. The summed E-state index contributed by atoms with van der Waals surface area (Å²) in [5, 5.41) is 1.99. The van der Waals surface area contributed by atoms with Crippen LogP contribution in [0.2, 0.25) is 5.02 Å². The predicted molar refractivity (Wildman–Crippen MR) is 101 cm³/mol. The van der Waals surface area contributed by atoms with Crippen molar-refractivity contribution in [3.63, 3.8) is 0 Å². The Balaban J connectivity index is 1.53. The third kappa shape index (κ3) is 4.05. The van der Waals surface area contributed by atoms with E-state index in [1.54, 1.807) is 0 Å². The highest BCUT2D eigenvalue weighted by molar-refractivity contribution is 6.31. The molecule has 0 aliphatic heterocycles. The van der Waals surface area contributed by atoms with E-state index >= 15 is 0 Å². The Morgan fingerprint density at radius 1 is 1.00 bits per heavy atom. The summed E-state index contributed by atoms with van der Waals surface area (Å²) in [6.45, 7) is 0. The molecule has 2 heteroatoms. The van der Waals surface area contributed by atoms with Crippen LogP contribution >= 0.6 is 11.6 Å². The Bertz CT molecular complexity index is 799. The van der Waals surface area contributed by atoms with Gasteiger partial charge in [-0.05, 0) is 61.6 Å². The van der Waals surface area contributed by atoms with Crippen LogP contribution in [0, 0.1) is 0 Å². The van der Waals surface area contributed by atoms with E-state index in [4.69, 9.17) is 11.6 Å². The molecule has 0 aliphatic carbocycles. The quantitative estimate of drug-likeness (QED) is 0.472. The summed E-state index contributed by atoms with van der Waals surface area (Å²) in [6.07, 6.45) is 9.24. The predicted octanol–water partition coefficient (Wildman–Crippen LogP) is 6.26. The van der Waals surface area contributed by atoms with Crippen molar-refractivity contribution in [2.45, 2.75) is 25.7 Å². The monoisotopic (exact) mass is 323 g/mol. The number of unbranched alkanes of at least 4 members (excludes halogenated alkanes) is 2. The lowest BCUT2D eigenvalue weighted by Crippen LogP contribution is -1.89. The van der Waals surface area contributed by atoms with E-state index < -0.39 is 0 Å². The third-order valence-corrected chi connectivity index (χ3v) is 4.49. The Morgan fingerprint density at radius 3 is 2.65 bits per heavy atom. The first-order chi connectivity index (χ1) is 11.2. The maximum atomic E-state index is 6.07. The number of halogens is 1. The summed E-state index contributed by atoms with van der Waals surface area (Å²) in [5.41, 5.74) is 3.88. The SMILES string of the molecule is Cn1c(C=CCCCCc2ccccc2)cc2cc(Cl)ccc21. The second-order valence-corrected chi connectivity index (χ2v) is 6.40. The van der Waals surface area contributed by atoms with Gasteiger partial charge in [0.15, 0.2) is 0 Å². The van der Waals surface area contributed by atoms with Gasteiger partial charge in [0.1, 0.15) is 0 Å². The molecular formula is C21H22ClN. The first kappa shape index (κ1) is 15.9. The zero-order valence-electron chi connectivity index (χ0n) is 13.5. The highest BCUT2D eigenvalue weighted by Crippen LogP contribution is 2.23. The molecule has 0 N–H and O–H groups in total. The van der Waals surface area contributed by atoms with Crippen LogP contribution in [-0.4, -0.2) is 4.57 Å². The molecular weight excluding hydrogens is 302 g/mol. The normalized spacial score (nSPS) is 11.6. The molecule has 0 radical (unpaired) electrons. The van der Waals surface area contributed by atoms with Crippen LogP contribution in [0.1, 0.15) is 30.5 Å². The number of aromatic nitrogens is 1. The van der Waals surface area contributed by atoms with Crippen molar-refractivity contribution in [2.75, 3.05) is 0 Å². The van der Waals surface area contributed by atoms with Crippen LogP contribution in [0.3, 0.4) is 0 Å². The molecule has 2 aromatic carbocycles. The fraction of sp³-hybridized carbons (Fsp3) is 0.238. The minimum Gasteiger partial charge on any atom is -0.344 e. The molecule has 3 rings (SSSR count). The average molecular weight is 324 g/mol. The summed E-state index contributed by atoms with van der Waals surface area (Å²) in [7, 11) is 2.10. The molecule has 1 heterocycles. The molecule has 1 nitrogen and oxygen atoms in total. The molecule has 0 bridgehead atoms. The van der Waals surface area contributed by atoms with Gasteiger partial charge in [-0.1, -0.05) is 48.0 Å². The van der Waals surface area contributed by atoms with Gasteiger partial charge in [-0.25, -0.2) is 0 Å². The minimum atomic E-state index is 0.791. The first-order valence-corrected chi connectivity index (χ1v) is 8.57. The van der Waals surface area contributed by atoms with Crippen molar-refractivity contribution in [2.24, 2.45) is 7.05 Å². The summed E-state index contributed by atoms with van der Waals surface area (Å²) in [4.78, 5) is 0. The second kappa shape index (κ2) is 7.52. The minimum absolute atomic E-state index is 0.791. The van der Waals surface area contributed by atoms with Crippen molar-refractivity contribution in [1.29, 1.82) is 0 Å². The van der Waals surface area contributed by atoms with E-state index in [-0.39, 0.29) is 0 Å². The topological polar surface area (TPSA) is 4.93 Å². The van der Waals surface area contributed by atoms with Gasteiger partial charge in [0, 0.05) is 28.7 Å². The lowest BCUT2D eigenvalue weighted by Gasteiger charge is -2.00. The number of benzene rings is 2. The second-order valence-electron chi connectivity index (χ2n) is 5.97. The van der Waals surface area contributed by atoms with Crippen molar-refractivity contribution >= 4 is 28.6 Å². The number of aryl methyl sites for hydroxylation is 2. The summed E-state index contributed by atoms with van der Waals surface area (Å²) < 4.78 is 2.21. The fourth-order valence-corrected chi connectivity index (χ4v) is 3.12. The zero-order chi connectivity index (χ0) is 16.1. The third-order valence-electron chi connectivity index (χ3n) is 4.26. The molecule has 0 aliphatic rings. The van der Waals surface area contributed by atoms with Crippen molar-refractivity contribution in [3.05, 3.63) is 77.0 Å². The van der Waals surface area contributed by atoms with Crippen molar-refractivity contribution in [3.8, 4) is 0 Å². The lowest BCUT2D eigenvalue weighted by atomic mass is 10.1. The van der Waals surface area contributed by atoms with Crippen LogP contribution < -0.4 is 0 Å². The molecule has 1 aromatic heterocycles. The van der Waals surface area contributed by atoms with Crippen LogP contribution in [0.5, 0.6) is 0 Å². The van der Waals surface area contributed by atoms with E-state index in [0.29, 0.717) is 0 Å². The van der Waals surface area contributed by atoms with E-state index in [1.807, 2.05) is 12.1 Å². The van der Waals surface area contributed by atoms with Gasteiger partial charge < -0.3 is 4.57 Å². The molecule has 118 valence electrons. The molecule has 3 aromatic rings. The molecule has 0 amide bonds. The summed E-state index contributed by atoms with van der Waals surface area (Å²) in [6, 6.07) is 18.9. The molecule has 0 unspecified atom stereocenters. The van der Waals surface area contributed by atoms with Gasteiger partial charge in [-0.2, -0.15) is 0 Å². The van der Waals surface area contributed by atoms with E-state index in [0.717, 1.165) is 11.4 Å². The van der Waals surface area contributed by atoms with Crippen LogP contribution in [0.25, 0.3) is 17.0 Å². The highest BCUT2D eigenvalue weighted by Gasteiger charge is 2.03. The molecule has 0 spiro atoms. The van der Waals surface area contributed by atoms with Gasteiger partial charge >= 0.3 is 0 Å². The van der Waals surface area contributed by atoms with Gasteiger partial charge in [0.25, 0.3) is 0 Å². The summed E-state index contributed by atoms with van der Waals surface area (Å²) >= 11 is 6.07. The first-order valence-electron chi connectivity index (χ1n) is 8.19. The smallest absolute Gasteiger partial charge is 0.0483 e. The molecule has 0 saturated heterocycles. The van der Waals surface area contributed by atoms with Crippen LogP contribution in [0.15, 0.2) is 60.7 Å². The van der Waals surface area contributed by atoms with Gasteiger partial charge in [0.2, 0.25) is 0 Å². The number of hydrogen-bond acceptors (Lipinski definition) is 0. The maximum absolute atomic E-state index is 6.07. The molecule has 0 saturated carbocycles. The van der Waals surface area contributed by atoms with E-state index in [1.165, 1.54) is 41.4 Å². The lowest BCUT2D eigenvalue weighted by molar-refractivity contribution is 0.748. The zero-order valence-corrected chi connectivity index (χ0v) is 14.3. The molecule has 23 heavy (non-hydrogen) atoms. The van der Waals surface area contributed by atoms with Gasteiger partial charge in [-0.3, -0.25) is 0 Å². The fourth-order valence-electron chi connectivity index (χ4n) is 2.94. The van der Waals surface area contributed by atoms with Gasteiger partial charge in [0.05, 0.1) is 0 Å². The number of rotatable bonds is 6. The standard InChI is InChI=1S/C21H22ClN/c1-23-20(16-18-15-19(22)13-14-21(18)23)12-8-3-2-5-9-17-10-6-4-7-11-17/h4,6-8,10-16H,2-3,5,9H2,1H3. The van der Waals surface area contributed by atoms with Crippen LogP contribution in [0.4, 0.5) is 0 Å². The van der Waals surface area contributed by atoms with E-state index in [2.05, 4.69) is 66.2 Å². The molecule has 0 fully saturated rings. The van der Waals surface area contributed by atoms with Crippen molar-refractivity contribution in [1.82, 2.24) is 4.57 Å². The Kier molecular flexibility index (Phi) is 5.19. The Labute approximate surface area is 143 Å². The molecule has 0 atom stereocenters. The van der Waals surface area contributed by atoms with E-state index in [9.17, 15) is 0 Å².